The monoisotopic (exact) mass is 362 g/mol. The molecule has 4 saturated carbocycles. The molecule has 146 valence electrons. The van der Waals surface area contributed by atoms with Crippen molar-refractivity contribution in [3.05, 3.63) is 0 Å². The molecular formula is C22H34O4. The van der Waals surface area contributed by atoms with Gasteiger partial charge in [0.15, 0.2) is 5.79 Å². The molecule has 0 aromatic rings. The van der Waals surface area contributed by atoms with Gasteiger partial charge in [-0.1, -0.05) is 6.92 Å². The summed E-state index contributed by atoms with van der Waals surface area (Å²) >= 11 is 0. The number of carbonyl (C=O) groups excluding carboxylic acids is 1. The summed E-state index contributed by atoms with van der Waals surface area (Å²) in [7, 11) is 0. The maximum absolute atomic E-state index is 11.5. The van der Waals surface area contributed by atoms with Gasteiger partial charge in [-0.25, -0.2) is 0 Å². The van der Waals surface area contributed by atoms with E-state index >= 15 is 0 Å². The van der Waals surface area contributed by atoms with Gasteiger partial charge in [-0.05, 0) is 80.0 Å². The summed E-state index contributed by atoms with van der Waals surface area (Å²) in [4.78, 5) is 11.5. The first-order valence-electron chi connectivity index (χ1n) is 11.0. The molecule has 0 bridgehead atoms. The first kappa shape index (κ1) is 17.5. The minimum atomic E-state index is -0.248. The summed E-state index contributed by atoms with van der Waals surface area (Å²) in [5, 5.41) is 0. The molecule has 0 aromatic carbocycles. The minimum absolute atomic E-state index is 0.0948. The highest BCUT2D eigenvalue weighted by atomic mass is 16.7. The van der Waals surface area contributed by atoms with E-state index in [0.717, 1.165) is 56.1 Å². The number of carbonyl (C=O) groups is 1. The molecule has 1 heterocycles. The van der Waals surface area contributed by atoms with Gasteiger partial charge in [-0.3, -0.25) is 4.79 Å². The Morgan fingerprint density at radius 1 is 0.923 bits per heavy atom. The van der Waals surface area contributed by atoms with Crippen molar-refractivity contribution in [2.24, 2.45) is 35.0 Å². The number of hydrogen-bond acceptors (Lipinski definition) is 4. The van der Waals surface area contributed by atoms with Crippen LogP contribution in [0.3, 0.4) is 0 Å². The summed E-state index contributed by atoms with van der Waals surface area (Å²) in [6, 6.07) is 0. The van der Waals surface area contributed by atoms with Crippen molar-refractivity contribution in [3.63, 3.8) is 0 Å². The fraction of sp³-hybridized carbons (Fsp3) is 0.955. The highest BCUT2D eigenvalue weighted by Gasteiger charge is 2.59. The van der Waals surface area contributed by atoms with Crippen LogP contribution < -0.4 is 0 Å². The van der Waals surface area contributed by atoms with Crippen LogP contribution in [0.5, 0.6) is 0 Å². The van der Waals surface area contributed by atoms with E-state index in [-0.39, 0.29) is 17.9 Å². The SMILES string of the molecule is CC(=O)O[C@H]1CCC2C3CCC4CC5(CC[C@]4(C)C3CCC21)OCCO5. The van der Waals surface area contributed by atoms with Crippen molar-refractivity contribution in [1.29, 1.82) is 0 Å². The highest BCUT2D eigenvalue weighted by Crippen LogP contribution is 2.64. The Morgan fingerprint density at radius 2 is 1.65 bits per heavy atom. The molecule has 0 N–H and O–H groups in total. The molecule has 0 aromatic heterocycles. The Labute approximate surface area is 157 Å². The maximum Gasteiger partial charge on any atom is 0.302 e. The zero-order valence-corrected chi connectivity index (χ0v) is 16.4. The molecule has 1 aliphatic heterocycles. The van der Waals surface area contributed by atoms with E-state index in [0.29, 0.717) is 11.3 Å². The van der Waals surface area contributed by atoms with Gasteiger partial charge in [0, 0.05) is 19.8 Å². The van der Waals surface area contributed by atoms with E-state index in [1.807, 2.05) is 0 Å². The van der Waals surface area contributed by atoms with Crippen molar-refractivity contribution in [2.45, 2.75) is 83.5 Å². The topological polar surface area (TPSA) is 44.8 Å². The lowest BCUT2D eigenvalue weighted by atomic mass is 9.46. The van der Waals surface area contributed by atoms with E-state index in [1.165, 1.54) is 38.5 Å². The van der Waals surface area contributed by atoms with Gasteiger partial charge in [-0.2, -0.15) is 0 Å². The molecule has 26 heavy (non-hydrogen) atoms. The van der Waals surface area contributed by atoms with Crippen LogP contribution >= 0.6 is 0 Å². The zero-order chi connectivity index (χ0) is 17.9. The molecule has 5 unspecified atom stereocenters. The highest BCUT2D eigenvalue weighted by molar-refractivity contribution is 5.66. The normalized spacial score (nSPS) is 49.3. The third-order valence-corrected chi connectivity index (χ3v) is 9.05. The standard InChI is InChI=1S/C22H34O4/c1-14(23)26-20-8-6-16-17-4-3-15-13-22(24-11-12-25-22)10-9-21(15,2)19(17)7-5-18(16)20/h15-20H,3-13H2,1-2H3/t15?,16?,17?,18?,19?,20-,21-/m0/s1. The van der Waals surface area contributed by atoms with Crippen LogP contribution in [0.25, 0.3) is 0 Å². The lowest BCUT2D eigenvalue weighted by molar-refractivity contribution is -0.227. The molecule has 0 radical (unpaired) electrons. The summed E-state index contributed by atoms with van der Waals surface area (Å²) in [5.74, 6) is 3.50. The number of ether oxygens (including phenoxy) is 3. The van der Waals surface area contributed by atoms with Crippen LogP contribution in [0.15, 0.2) is 0 Å². The number of fused-ring (bicyclic) bond motifs is 5. The Kier molecular flexibility index (Phi) is 4.17. The van der Waals surface area contributed by atoms with E-state index in [9.17, 15) is 4.79 Å². The second-order valence-electron chi connectivity index (χ2n) is 9.99. The first-order chi connectivity index (χ1) is 12.5. The largest absolute Gasteiger partial charge is 0.462 e. The van der Waals surface area contributed by atoms with Gasteiger partial charge in [0.05, 0.1) is 13.2 Å². The zero-order valence-electron chi connectivity index (χ0n) is 16.4. The molecule has 5 fully saturated rings. The van der Waals surface area contributed by atoms with Crippen LogP contribution in [-0.2, 0) is 19.0 Å². The van der Waals surface area contributed by atoms with E-state index in [4.69, 9.17) is 14.2 Å². The molecule has 4 nitrogen and oxygen atoms in total. The van der Waals surface area contributed by atoms with Gasteiger partial charge in [-0.15, -0.1) is 0 Å². The maximum atomic E-state index is 11.5. The first-order valence-corrected chi connectivity index (χ1v) is 11.0. The van der Waals surface area contributed by atoms with E-state index < -0.39 is 0 Å². The number of rotatable bonds is 1. The smallest absolute Gasteiger partial charge is 0.302 e. The predicted octanol–water partition coefficient (Wildman–Crippen LogP) is 4.31. The molecule has 5 aliphatic rings. The summed E-state index contributed by atoms with van der Waals surface area (Å²) in [6.45, 7) is 5.69. The predicted molar refractivity (Wildman–Crippen MR) is 97.3 cm³/mol. The third kappa shape index (κ3) is 2.58. The molecule has 7 atom stereocenters. The third-order valence-electron chi connectivity index (χ3n) is 9.05. The molecule has 1 saturated heterocycles. The lowest BCUT2D eigenvalue weighted by Crippen LogP contribution is -2.54. The van der Waals surface area contributed by atoms with Gasteiger partial charge in [0.2, 0.25) is 0 Å². The Hall–Kier alpha value is -0.610. The van der Waals surface area contributed by atoms with Crippen molar-refractivity contribution >= 4 is 5.97 Å². The Balaban J connectivity index is 1.33. The molecule has 4 aliphatic carbocycles. The second-order valence-corrected chi connectivity index (χ2v) is 9.99. The fourth-order valence-electron chi connectivity index (χ4n) is 7.92. The van der Waals surface area contributed by atoms with Crippen molar-refractivity contribution < 1.29 is 19.0 Å². The van der Waals surface area contributed by atoms with Gasteiger partial charge in [0.1, 0.15) is 6.10 Å². The Morgan fingerprint density at radius 3 is 2.42 bits per heavy atom. The minimum Gasteiger partial charge on any atom is -0.462 e. The second kappa shape index (κ2) is 6.20. The molecule has 0 amide bonds. The number of hydrogen-bond donors (Lipinski definition) is 0. The van der Waals surface area contributed by atoms with Crippen LogP contribution in [0.4, 0.5) is 0 Å². The molecule has 1 spiro atoms. The lowest BCUT2D eigenvalue weighted by Gasteiger charge is -2.60. The molecule has 4 heteroatoms. The fourth-order valence-corrected chi connectivity index (χ4v) is 7.92. The Bertz CT molecular complexity index is 568. The quantitative estimate of drug-likeness (QED) is 0.652. The molecular weight excluding hydrogens is 328 g/mol. The summed E-state index contributed by atoms with van der Waals surface area (Å²) in [5.41, 5.74) is 0.452. The van der Waals surface area contributed by atoms with E-state index in [1.54, 1.807) is 6.92 Å². The van der Waals surface area contributed by atoms with Crippen LogP contribution in [-0.4, -0.2) is 31.1 Å². The summed E-state index contributed by atoms with van der Waals surface area (Å²) in [6.07, 6.45) is 11.2. The van der Waals surface area contributed by atoms with Gasteiger partial charge in [0.25, 0.3) is 0 Å². The van der Waals surface area contributed by atoms with E-state index in [2.05, 4.69) is 6.92 Å². The van der Waals surface area contributed by atoms with Crippen LogP contribution in [0, 0.1) is 35.0 Å². The van der Waals surface area contributed by atoms with Crippen molar-refractivity contribution in [2.75, 3.05) is 13.2 Å². The molecule has 5 rings (SSSR count). The van der Waals surface area contributed by atoms with Crippen molar-refractivity contribution in [3.8, 4) is 0 Å². The van der Waals surface area contributed by atoms with Crippen LogP contribution in [0.2, 0.25) is 0 Å². The summed E-state index contributed by atoms with van der Waals surface area (Å²) < 4.78 is 17.8. The van der Waals surface area contributed by atoms with Gasteiger partial charge >= 0.3 is 5.97 Å². The van der Waals surface area contributed by atoms with Gasteiger partial charge < -0.3 is 14.2 Å². The van der Waals surface area contributed by atoms with Crippen molar-refractivity contribution in [1.82, 2.24) is 0 Å². The number of esters is 1. The average Bonchev–Trinajstić information content (AvgIpc) is 3.23. The average molecular weight is 363 g/mol. The van der Waals surface area contributed by atoms with Crippen LogP contribution in [0.1, 0.15) is 71.6 Å².